The van der Waals surface area contributed by atoms with Crippen molar-refractivity contribution in [2.24, 2.45) is 5.92 Å². The Bertz CT molecular complexity index is 1170. The van der Waals surface area contributed by atoms with E-state index in [1.54, 1.807) is 13.1 Å². The van der Waals surface area contributed by atoms with Crippen LogP contribution in [0, 0.1) is 5.92 Å². The molecule has 0 saturated carbocycles. The number of hydrogen-bond donors (Lipinski definition) is 2. The van der Waals surface area contributed by atoms with Crippen LogP contribution in [0.25, 0.3) is 22.3 Å². The molecule has 3 aromatic rings. The van der Waals surface area contributed by atoms with Crippen LogP contribution < -0.4 is 10.2 Å². The molecule has 4 heterocycles. The van der Waals surface area contributed by atoms with Crippen LogP contribution in [0.2, 0.25) is 0 Å². The summed E-state index contributed by atoms with van der Waals surface area (Å²) < 4.78 is 0. The molecule has 4 rings (SSSR count). The molecule has 8 heteroatoms. The van der Waals surface area contributed by atoms with E-state index in [0.717, 1.165) is 47.6 Å². The van der Waals surface area contributed by atoms with Gasteiger partial charge in [-0.05, 0) is 38.5 Å². The summed E-state index contributed by atoms with van der Waals surface area (Å²) in [5, 5.41) is 3.87. The molecule has 1 saturated heterocycles. The van der Waals surface area contributed by atoms with E-state index in [2.05, 4.69) is 34.0 Å². The largest absolute Gasteiger partial charge is 0.352 e. The Morgan fingerprint density at radius 3 is 2.67 bits per heavy atom. The Morgan fingerprint density at radius 2 is 2.00 bits per heavy atom. The number of anilines is 2. The standard InChI is InChI=1S/C25H32N6O2.H2/c1-6-15(2)25(33)28-19-10-20-21(12-27-24(20)26-11-19)22-8-7-9-23(29-22)30-13-16(3)31(18(5)32)17(4)14-30;/h7-12,15-17H,6,13-14H2,1-5H3,(H,26,27)(H,28,33);1H/t15?,16-,17+;. The van der Waals surface area contributed by atoms with Crippen molar-refractivity contribution in [2.45, 2.75) is 53.1 Å². The number of H-pyrrole nitrogens is 1. The van der Waals surface area contributed by atoms with Gasteiger partial charge in [-0.3, -0.25) is 9.59 Å². The Labute approximate surface area is 195 Å². The lowest BCUT2D eigenvalue weighted by molar-refractivity contribution is -0.133. The summed E-state index contributed by atoms with van der Waals surface area (Å²) in [6, 6.07) is 8.17. The van der Waals surface area contributed by atoms with Crippen LogP contribution in [0.4, 0.5) is 11.5 Å². The van der Waals surface area contributed by atoms with Crippen molar-refractivity contribution in [3.63, 3.8) is 0 Å². The fourth-order valence-corrected chi connectivity index (χ4v) is 4.61. The molecular weight excluding hydrogens is 416 g/mol. The third-order valence-corrected chi connectivity index (χ3v) is 6.48. The number of nitrogens with one attached hydrogen (secondary N) is 2. The summed E-state index contributed by atoms with van der Waals surface area (Å²) in [7, 11) is 0. The van der Waals surface area contributed by atoms with Crippen molar-refractivity contribution in [3.8, 4) is 11.3 Å². The number of aromatic nitrogens is 3. The zero-order chi connectivity index (χ0) is 23.7. The van der Waals surface area contributed by atoms with E-state index < -0.39 is 0 Å². The Balaban J connectivity index is 0.00000324. The van der Waals surface area contributed by atoms with Crippen molar-refractivity contribution in [1.82, 2.24) is 19.9 Å². The number of aromatic amines is 1. The molecule has 8 nitrogen and oxygen atoms in total. The van der Waals surface area contributed by atoms with Gasteiger partial charge in [0.05, 0.1) is 17.6 Å². The molecule has 0 aromatic carbocycles. The van der Waals surface area contributed by atoms with Crippen molar-refractivity contribution in [1.29, 1.82) is 0 Å². The van der Waals surface area contributed by atoms with Gasteiger partial charge in [-0.2, -0.15) is 0 Å². The lowest BCUT2D eigenvalue weighted by Crippen LogP contribution is -2.58. The van der Waals surface area contributed by atoms with Crippen LogP contribution in [0.15, 0.2) is 36.7 Å². The molecule has 1 unspecified atom stereocenters. The second-order valence-electron chi connectivity index (χ2n) is 9.03. The number of carbonyl (C=O) groups is 2. The SMILES string of the molecule is CCC(C)C(=O)Nc1cnc2[nH]cc(-c3cccc(N4C[C@@H](C)N(C(C)=O)[C@@H](C)C4)n3)c2c1.[HH]. The lowest BCUT2D eigenvalue weighted by Gasteiger charge is -2.44. The smallest absolute Gasteiger partial charge is 0.227 e. The number of nitrogens with zero attached hydrogens (tertiary/aromatic N) is 4. The molecule has 33 heavy (non-hydrogen) atoms. The summed E-state index contributed by atoms with van der Waals surface area (Å²) in [5.74, 6) is 0.929. The third kappa shape index (κ3) is 4.55. The molecule has 0 bridgehead atoms. The van der Waals surface area contributed by atoms with E-state index >= 15 is 0 Å². The monoisotopic (exact) mass is 450 g/mol. The quantitative estimate of drug-likeness (QED) is 0.604. The second-order valence-corrected chi connectivity index (χ2v) is 9.03. The van der Waals surface area contributed by atoms with Crippen LogP contribution in [-0.2, 0) is 9.59 Å². The first kappa shape index (κ1) is 22.8. The molecule has 3 aromatic heterocycles. The van der Waals surface area contributed by atoms with Gasteiger partial charge in [-0.1, -0.05) is 19.9 Å². The predicted octanol–water partition coefficient (Wildman–Crippen LogP) is 4.30. The van der Waals surface area contributed by atoms with Crippen molar-refractivity contribution >= 4 is 34.4 Å². The summed E-state index contributed by atoms with van der Waals surface area (Å²) >= 11 is 0. The highest BCUT2D eigenvalue weighted by Crippen LogP contribution is 2.30. The molecule has 1 fully saturated rings. The maximum atomic E-state index is 12.3. The molecule has 1 aliphatic rings. The van der Waals surface area contributed by atoms with Crippen LogP contribution in [0.3, 0.4) is 0 Å². The number of piperazine rings is 1. The topological polar surface area (TPSA) is 94.2 Å². The first-order valence-electron chi connectivity index (χ1n) is 11.6. The average Bonchev–Trinajstić information content (AvgIpc) is 3.21. The van der Waals surface area contributed by atoms with Crippen molar-refractivity contribution in [3.05, 3.63) is 36.7 Å². The molecular formula is C25H34N6O2. The predicted molar refractivity (Wildman–Crippen MR) is 133 cm³/mol. The maximum absolute atomic E-state index is 12.3. The molecule has 0 radical (unpaired) electrons. The Kier molecular flexibility index (Phi) is 6.35. The first-order chi connectivity index (χ1) is 15.8. The molecule has 2 N–H and O–H groups in total. The van der Waals surface area contributed by atoms with Crippen LogP contribution in [0.5, 0.6) is 0 Å². The molecule has 0 aliphatic carbocycles. The van der Waals surface area contributed by atoms with Crippen molar-refractivity contribution < 1.29 is 11.0 Å². The van der Waals surface area contributed by atoms with E-state index in [4.69, 9.17) is 4.98 Å². The van der Waals surface area contributed by atoms with E-state index in [9.17, 15) is 9.59 Å². The Morgan fingerprint density at radius 1 is 1.27 bits per heavy atom. The van der Waals surface area contributed by atoms with Gasteiger partial charge in [-0.15, -0.1) is 0 Å². The molecule has 1 aliphatic heterocycles. The highest BCUT2D eigenvalue weighted by molar-refractivity contribution is 5.98. The number of fused-ring (bicyclic) bond motifs is 1. The molecule has 3 atom stereocenters. The molecule has 0 spiro atoms. The van der Waals surface area contributed by atoms with Crippen LogP contribution >= 0.6 is 0 Å². The minimum Gasteiger partial charge on any atom is -0.352 e. The van der Waals surface area contributed by atoms with E-state index in [1.807, 2.05) is 49.2 Å². The van der Waals surface area contributed by atoms with Gasteiger partial charge < -0.3 is 20.1 Å². The maximum Gasteiger partial charge on any atom is 0.227 e. The highest BCUT2D eigenvalue weighted by Gasteiger charge is 2.31. The molecule has 176 valence electrons. The first-order valence-corrected chi connectivity index (χ1v) is 11.6. The number of pyridine rings is 2. The van der Waals surface area contributed by atoms with E-state index in [1.165, 1.54) is 0 Å². The van der Waals surface area contributed by atoms with Crippen LogP contribution in [-0.4, -0.2) is 56.8 Å². The fourth-order valence-electron chi connectivity index (χ4n) is 4.61. The molecule has 2 amide bonds. The summed E-state index contributed by atoms with van der Waals surface area (Å²) in [6.07, 6.45) is 4.36. The van der Waals surface area contributed by atoms with E-state index in [0.29, 0.717) is 5.69 Å². The minimum absolute atomic E-state index is 0. The van der Waals surface area contributed by atoms with E-state index in [-0.39, 0.29) is 31.2 Å². The number of carbonyl (C=O) groups excluding carboxylic acids is 2. The van der Waals surface area contributed by atoms with Gasteiger partial charge in [0.25, 0.3) is 0 Å². The van der Waals surface area contributed by atoms with Gasteiger partial charge in [0.1, 0.15) is 11.5 Å². The lowest BCUT2D eigenvalue weighted by atomic mass is 10.1. The number of amides is 2. The second kappa shape index (κ2) is 9.21. The van der Waals surface area contributed by atoms with Gasteiger partial charge in [0.15, 0.2) is 0 Å². The number of hydrogen-bond acceptors (Lipinski definition) is 5. The van der Waals surface area contributed by atoms with Gasteiger partial charge in [-0.25, -0.2) is 9.97 Å². The normalized spacial score (nSPS) is 19.5. The van der Waals surface area contributed by atoms with Gasteiger partial charge in [0, 0.05) is 56.6 Å². The number of rotatable bonds is 5. The van der Waals surface area contributed by atoms with Gasteiger partial charge >= 0.3 is 0 Å². The zero-order valence-corrected chi connectivity index (χ0v) is 19.9. The summed E-state index contributed by atoms with van der Waals surface area (Å²) in [6.45, 7) is 11.2. The fraction of sp³-hybridized carbons (Fsp3) is 0.440. The highest BCUT2D eigenvalue weighted by atomic mass is 16.2. The minimum atomic E-state index is -0.0574. The van der Waals surface area contributed by atoms with Crippen molar-refractivity contribution in [2.75, 3.05) is 23.3 Å². The third-order valence-electron chi connectivity index (χ3n) is 6.48. The summed E-state index contributed by atoms with van der Waals surface area (Å²) in [5.41, 5.74) is 3.19. The average molecular weight is 451 g/mol. The van der Waals surface area contributed by atoms with Crippen LogP contribution in [0.1, 0.15) is 42.5 Å². The Hall–Kier alpha value is -3.42. The van der Waals surface area contributed by atoms with Gasteiger partial charge in [0.2, 0.25) is 11.8 Å². The summed E-state index contributed by atoms with van der Waals surface area (Å²) in [4.78, 5) is 41.1. The zero-order valence-electron chi connectivity index (χ0n) is 19.9.